The Morgan fingerprint density at radius 3 is 2.47 bits per heavy atom. The Morgan fingerprint density at radius 1 is 1.26 bits per heavy atom. The van der Waals surface area contributed by atoms with E-state index in [2.05, 4.69) is 15.9 Å². The molecule has 0 saturated heterocycles. The molecule has 0 aliphatic carbocycles. The fourth-order valence-electron chi connectivity index (χ4n) is 1.71. The number of aromatic nitrogens is 1. The average molecular weight is 326 g/mol. The van der Waals surface area contributed by atoms with Crippen LogP contribution in [0.3, 0.4) is 0 Å². The Kier molecular flexibility index (Phi) is 3.53. The normalized spacial score (nSPS) is 10.5. The predicted molar refractivity (Wildman–Crippen MR) is 69.9 cm³/mol. The Labute approximate surface area is 116 Å². The highest BCUT2D eigenvalue weighted by atomic mass is 79.9. The highest BCUT2D eigenvalue weighted by Crippen LogP contribution is 2.20. The van der Waals surface area contributed by atoms with Crippen LogP contribution in [0.1, 0.15) is 26.4 Å². The van der Waals surface area contributed by atoms with E-state index in [0.717, 1.165) is 0 Å². The molecule has 0 amide bonds. The minimum Gasteiger partial charge on any atom is -0.477 e. The van der Waals surface area contributed by atoms with Crippen molar-refractivity contribution in [2.24, 2.45) is 7.05 Å². The monoisotopic (exact) mass is 325 g/mol. The summed E-state index contributed by atoms with van der Waals surface area (Å²) >= 11 is 3.00. The number of aryl methyl sites for hydroxylation is 1. The molecule has 4 nitrogen and oxygen atoms in total. The summed E-state index contributed by atoms with van der Waals surface area (Å²) in [5.74, 6) is -1.93. The first-order chi connectivity index (χ1) is 8.90. The number of carbonyl (C=O) groups excluding carboxylic acids is 1. The molecule has 19 heavy (non-hydrogen) atoms. The van der Waals surface area contributed by atoms with E-state index in [-0.39, 0.29) is 27.1 Å². The van der Waals surface area contributed by atoms with E-state index in [9.17, 15) is 14.0 Å². The van der Waals surface area contributed by atoms with Crippen LogP contribution < -0.4 is 0 Å². The SMILES string of the molecule is Cn1cc(C(=O)c2ccc(F)c(Br)c2)cc1C(=O)O. The fourth-order valence-corrected chi connectivity index (χ4v) is 2.08. The van der Waals surface area contributed by atoms with Gasteiger partial charge in [0, 0.05) is 24.4 Å². The number of hydrogen-bond donors (Lipinski definition) is 1. The van der Waals surface area contributed by atoms with Crippen LogP contribution in [-0.4, -0.2) is 21.4 Å². The summed E-state index contributed by atoms with van der Waals surface area (Å²) in [5, 5.41) is 8.92. The molecule has 98 valence electrons. The quantitative estimate of drug-likeness (QED) is 0.883. The molecular weight excluding hydrogens is 317 g/mol. The molecule has 0 unspecified atom stereocenters. The molecule has 0 fully saturated rings. The Hall–Kier alpha value is -1.95. The van der Waals surface area contributed by atoms with Crippen molar-refractivity contribution in [3.63, 3.8) is 0 Å². The lowest BCUT2D eigenvalue weighted by Gasteiger charge is -2.00. The summed E-state index contributed by atoms with van der Waals surface area (Å²) in [6.07, 6.45) is 1.43. The minimum absolute atomic E-state index is 0.0181. The minimum atomic E-state index is -1.11. The highest BCUT2D eigenvalue weighted by molar-refractivity contribution is 9.10. The molecule has 1 aromatic heterocycles. The van der Waals surface area contributed by atoms with Gasteiger partial charge in [-0.3, -0.25) is 4.79 Å². The van der Waals surface area contributed by atoms with Gasteiger partial charge in [-0.15, -0.1) is 0 Å². The van der Waals surface area contributed by atoms with Crippen LogP contribution in [0.25, 0.3) is 0 Å². The first-order valence-corrected chi connectivity index (χ1v) is 6.09. The molecule has 2 aromatic rings. The van der Waals surface area contributed by atoms with Gasteiger partial charge in [0.15, 0.2) is 5.78 Å². The van der Waals surface area contributed by atoms with Crippen molar-refractivity contribution in [2.75, 3.05) is 0 Å². The number of benzene rings is 1. The summed E-state index contributed by atoms with van der Waals surface area (Å²) in [4.78, 5) is 23.1. The first-order valence-electron chi connectivity index (χ1n) is 5.29. The highest BCUT2D eigenvalue weighted by Gasteiger charge is 2.17. The molecule has 1 heterocycles. The van der Waals surface area contributed by atoms with Crippen molar-refractivity contribution in [3.05, 3.63) is 57.6 Å². The van der Waals surface area contributed by atoms with Crippen molar-refractivity contribution in [2.45, 2.75) is 0 Å². The van der Waals surface area contributed by atoms with Crippen LogP contribution in [0, 0.1) is 5.82 Å². The van der Waals surface area contributed by atoms with Crippen molar-refractivity contribution < 1.29 is 19.1 Å². The Bertz CT molecular complexity index is 679. The van der Waals surface area contributed by atoms with E-state index in [4.69, 9.17) is 5.11 Å². The molecule has 0 radical (unpaired) electrons. The summed E-state index contributed by atoms with van der Waals surface area (Å²) in [6.45, 7) is 0. The molecule has 0 spiro atoms. The van der Waals surface area contributed by atoms with E-state index < -0.39 is 11.8 Å². The molecule has 1 N–H and O–H groups in total. The molecule has 0 saturated carbocycles. The first kappa shape index (κ1) is 13.5. The number of hydrogen-bond acceptors (Lipinski definition) is 2. The summed E-state index contributed by atoms with van der Waals surface area (Å²) in [5.41, 5.74) is 0.554. The van der Waals surface area contributed by atoms with Gasteiger partial charge in [0.25, 0.3) is 0 Å². The Balaban J connectivity index is 2.41. The maximum atomic E-state index is 13.1. The maximum Gasteiger partial charge on any atom is 0.352 e. The zero-order valence-electron chi connectivity index (χ0n) is 9.85. The van der Waals surface area contributed by atoms with Crippen LogP contribution >= 0.6 is 15.9 Å². The third kappa shape index (κ3) is 2.58. The molecule has 0 bridgehead atoms. The zero-order valence-corrected chi connectivity index (χ0v) is 11.4. The second-order valence-corrected chi connectivity index (χ2v) is 4.84. The third-order valence-electron chi connectivity index (χ3n) is 2.67. The van der Waals surface area contributed by atoms with E-state index in [1.54, 1.807) is 7.05 Å². The van der Waals surface area contributed by atoms with Gasteiger partial charge in [-0.05, 0) is 40.2 Å². The number of carboxylic acid groups (broad SMARTS) is 1. The van der Waals surface area contributed by atoms with Gasteiger partial charge < -0.3 is 9.67 Å². The van der Waals surface area contributed by atoms with Crippen LogP contribution in [0.4, 0.5) is 4.39 Å². The van der Waals surface area contributed by atoms with E-state index >= 15 is 0 Å². The molecular formula is C13H9BrFNO3. The second-order valence-electron chi connectivity index (χ2n) is 3.99. The molecule has 0 aliphatic rings. The summed E-state index contributed by atoms with van der Waals surface area (Å²) < 4.78 is 14.6. The van der Waals surface area contributed by atoms with Gasteiger partial charge in [-0.2, -0.15) is 0 Å². The van der Waals surface area contributed by atoms with Crippen molar-refractivity contribution in [3.8, 4) is 0 Å². The summed E-state index contributed by atoms with van der Waals surface area (Å²) in [6, 6.07) is 5.20. The number of ketones is 1. The molecule has 1 aromatic carbocycles. The number of carboxylic acids is 1. The average Bonchev–Trinajstić information content (AvgIpc) is 2.74. The number of rotatable bonds is 3. The lowest BCUT2D eigenvalue weighted by molar-refractivity contribution is 0.0686. The van der Waals surface area contributed by atoms with E-state index in [1.165, 1.54) is 35.0 Å². The van der Waals surface area contributed by atoms with Gasteiger partial charge in [-0.1, -0.05) is 0 Å². The second kappa shape index (κ2) is 4.97. The van der Waals surface area contributed by atoms with Crippen LogP contribution in [0.15, 0.2) is 34.9 Å². The lowest BCUT2D eigenvalue weighted by atomic mass is 10.1. The molecule has 6 heteroatoms. The number of aromatic carboxylic acids is 1. The van der Waals surface area contributed by atoms with Crippen LogP contribution in [0.5, 0.6) is 0 Å². The standard InChI is InChI=1S/C13H9BrFNO3/c1-16-6-8(5-11(16)13(18)19)12(17)7-2-3-10(15)9(14)4-7/h2-6H,1H3,(H,18,19). The van der Waals surface area contributed by atoms with Crippen LogP contribution in [-0.2, 0) is 7.05 Å². The fraction of sp³-hybridized carbons (Fsp3) is 0.0769. The topological polar surface area (TPSA) is 59.3 Å². The van der Waals surface area contributed by atoms with Crippen molar-refractivity contribution >= 4 is 27.7 Å². The zero-order chi connectivity index (χ0) is 14.2. The van der Waals surface area contributed by atoms with Gasteiger partial charge >= 0.3 is 5.97 Å². The third-order valence-corrected chi connectivity index (χ3v) is 3.28. The smallest absolute Gasteiger partial charge is 0.352 e. The van der Waals surface area contributed by atoms with E-state index in [1.807, 2.05) is 0 Å². The molecule has 0 aliphatic heterocycles. The van der Waals surface area contributed by atoms with Crippen molar-refractivity contribution in [1.29, 1.82) is 0 Å². The van der Waals surface area contributed by atoms with Crippen molar-refractivity contribution in [1.82, 2.24) is 4.57 Å². The van der Waals surface area contributed by atoms with Crippen LogP contribution in [0.2, 0.25) is 0 Å². The maximum absolute atomic E-state index is 13.1. The predicted octanol–water partition coefficient (Wildman–Crippen LogP) is 2.86. The number of halogens is 2. The molecule has 0 atom stereocenters. The van der Waals surface area contributed by atoms with Gasteiger partial charge in [0.05, 0.1) is 4.47 Å². The Morgan fingerprint density at radius 2 is 1.95 bits per heavy atom. The molecule has 2 rings (SSSR count). The van der Waals surface area contributed by atoms with E-state index in [0.29, 0.717) is 0 Å². The lowest BCUT2D eigenvalue weighted by Crippen LogP contribution is -2.02. The van der Waals surface area contributed by atoms with Gasteiger partial charge in [0.2, 0.25) is 0 Å². The number of carbonyl (C=O) groups is 2. The van der Waals surface area contributed by atoms with Gasteiger partial charge in [-0.25, -0.2) is 9.18 Å². The number of nitrogens with zero attached hydrogens (tertiary/aromatic N) is 1. The largest absolute Gasteiger partial charge is 0.477 e. The van der Waals surface area contributed by atoms with Gasteiger partial charge in [0.1, 0.15) is 11.5 Å². The summed E-state index contributed by atoms with van der Waals surface area (Å²) in [7, 11) is 1.54.